The van der Waals surface area contributed by atoms with Gasteiger partial charge in [-0.25, -0.2) is 9.97 Å². The van der Waals surface area contributed by atoms with Gasteiger partial charge in [-0.05, 0) is 23.9 Å². The van der Waals surface area contributed by atoms with Gasteiger partial charge in [-0.2, -0.15) is 0 Å². The molecule has 0 saturated carbocycles. The lowest BCUT2D eigenvalue weighted by Crippen LogP contribution is -2.20. The van der Waals surface area contributed by atoms with Crippen molar-refractivity contribution in [3.63, 3.8) is 0 Å². The fourth-order valence-electron chi connectivity index (χ4n) is 3.52. The molecule has 0 aliphatic heterocycles. The van der Waals surface area contributed by atoms with Gasteiger partial charge in [0.15, 0.2) is 0 Å². The van der Waals surface area contributed by atoms with Gasteiger partial charge >= 0.3 is 5.69 Å². The van der Waals surface area contributed by atoms with Crippen molar-refractivity contribution >= 4 is 33.8 Å². The average Bonchev–Trinajstić information content (AvgIpc) is 2.79. The summed E-state index contributed by atoms with van der Waals surface area (Å²) in [6.45, 7) is 2.90. The zero-order valence-corrected chi connectivity index (χ0v) is 16.5. The Balaban J connectivity index is 1.77. The van der Waals surface area contributed by atoms with Crippen LogP contribution in [-0.4, -0.2) is 21.4 Å². The normalized spacial score (nSPS) is 10.7. The number of hydrogen-bond acceptors (Lipinski definition) is 6. The number of hydrogen-bond donors (Lipinski definition) is 1. The quantitative estimate of drug-likeness (QED) is 0.335. The first-order valence-electron chi connectivity index (χ1n) is 9.71. The molecule has 4 rings (SSSR count). The van der Waals surface area contributed by atoms with Crippen molar-refractivity contribution in [2.75, 3.05) is 16.8 Å². The SMILES string of the molecule is CCN(c1ncnc(NCc2ccccc2)c1[N+](=O)[O-])c1cccc2ccccc12. The molecule has 1 aromatic heterocycles. The first-order chi connectivity index (χ1) is 14.7. The van der Waals surface area contributed by atoms with Crippen LogP contribution in [0.3, 0.4) is 0 Å². The van der Waals surface area contributed by atoms with Crippen LogP contribution in [0.5, 0.6) is 0 Å². The molecule has 0 aliphatic carbocycles. The third kappa shape index (κ3) is 3.77. The van der Waals surface area contributed by atoms with Crippen LogP contribution in [0.1, 0.15) is 12.5 Å². The predicted molar refractivity (Wildman–Crippen MR) is 119 cm³/mol. The van der Waals surface area contributed by atoms with Crippen LogP contribution in [0, 0.1) is 10.1 Å². The van der Waals surface area contributed by atoms with Gasteiger partial charge in [-0.3, -0.25) is 10.1 Å². The Labute approximate surface area is 174 Å². The Bertz CT molecular complexity index is 1180. The summed E-state index contributed by atoms with van der Waals surface area (Å²) >= 11 is 0. The molecule has 0 fully saturated rings. The topological polar surface area (TPSA) is 84.2 Å². The third-order valence-electron chi connectivity index (χ3n) is 4.92. The minimum Gasteiger partial charge on any atom is -0.360 e. The van der Waals surface area contributed by atoms with E-state index >= 15 is 0 Å². The predicted octanol–water partition coefficient (Wildman–Crippen LogP) is 5.31. The van der Waals surface area contributed by atoms with Crippen molar-refractivity contribution in [1.29, 1.82) is 0 Å². The van der Waals surface area contributed by atoms with Crippen LogP contribution in [-0.2, 0) is 6.54 Å². The lowest BCUT2D eigenvalue weighted by Gasteiger charge is -2.24. The molecule has 7 heteroatoms. The standard InChI is InChI=1S/C23H21N5O2/c1-2-27(20-14-8-12-18-11-6-7-13-19(18)20)23-21(28(29)30)22(25-16-26-23)24-15-17-9-4-3-5-10-17/h3-14,16H,2,15H2,1H3,(H,24,25,26). The van der Waals surface area contributed by atoms with Crippen molar-refractivity contribution in [2.45, 2.75) is 13.5 Å². The smallest absolute Gasteiger partial charge is 0.353 e. The van der Waals surface area contributed by atoms with E-state index < -0.39 is 4.92 Å². The van der Waals surface area contributed by atoms with Crippen LogP contribution in [0.4, 0.5) is 23.0 Å². The van der Waals surface area contributed by atoms with Crippen molar-refractivity contribution < 1.29 is 4.92 Å². The van der Waals surface area contributed by atoms with E-state index in [1.165, 1.54) is 6.33 Å². The maximum Gasteiger partial charge on any atom is 0.353 e. The second-order valence-corrected chi connectivity index (χ2v) is 6.73. The summed E-state index contributed by atoms with van der Waals surface area (Å²) in [5.74, 6) is 0.469. The Hall–Kier alpha value is -4.00. The summed E-state index contributed by atoms with van der Waals surface area (Å²) in [4.78, 5) is 21.9. The zero-order valence-electron chi connectivity index (χ0n) is 16.5. The van der Waals surface area contributed by atoms with Crippen LogP contribution >= 0.6 is 0 Å². The van der Waals surface area contributed by atoms with E-state index in [2.05, 4.69) is 15.3 Å². The second-order valence-electron chi connectivity index (χ2n) is 6.73. The van der Waals surface area contributed by atoms with Crippen LogP contribution in [0.25, 0.3) is 10.8 Å². The molecule has 1 heterocycles. The molecule has 0 bridgehead atoms. The molecule has 3 aromatic carbocycles. The van der Waals surface area contributed by atoms with Crippen LogP contribution < -0.4 is 10.2 Å². The lowest BCUT2D eigenvalue weighted by molar-refractivity contribution is -0.383. The molecule has 0 amide bonds. The second kappa shape index (κ2) is 8.57. The summed E-state index contributed by atoms with van der Waals surface area (Å²) in [5.41, 5.74) is 1.74. The number of nitrogens with one attached hydrogen (secondary N) is 1. The van der Waals surface area contributed by atoms with Crippen molar-refractivity contribution in [2.24, 2.45) is 0 Å². The van der Waals surface area contributed by atoms with Gasteiger partial charge < -0.3 is 10.2 Å². The Morgan fingerprint density at radius 2 is 1.70 bits per heavy atom. The van der Waals surface area contributed by atoms with Crippen LogP contribution in [0.2, 0.25) is 0 Å². The van der Waals surface area contributed by atoms with Gasteiger partial charge in [0, 0.05) is 18.5 Å². The van der Waals surface area contributed by atoms with E-state index in [1.54, 1.807) is 0 Å². The fraction of sp³-hybridized carbons (Fsp3) is 0.130. The molecule has 0 spiro atoms. The fourth-order valence-corrected chi connectivity index (χ4v) is 3.52. The molecule has 7 nitrogen and oxygen atoms in total. The number of benzene rings is 3. The maximum atomic E-state index is 12.0. The van der Waals surface area contributed by atoms with Crippen molar-refractivity contribution in [3.8, 4) is 0 Å². The van der Waals surface area contributed by atoms with Gasteiger partial charge in [0.25, 0.3) is 0 Å². The summed E-state index contributed by atoms with van der Waals surface area (Å²) in [6.07, 6.45) is 1.36. The summed E-state index contributed by atoms with van der Waals surface area (Å²) in [5, 5.41) is 17.2. The maximum absolute atomic E-state index is 12.0. The number of rotatable bonds is 7. The molecule has 0 aliphatic rings. The van der Waals surface area contributed by atoms with Gasteiger partial charge in [0.2, 0.25) is 11.6 Å². The highest BCUT2D eigenvalue weighted by molar-refractivity contribution is 5.96. The molecule has 0 radical (unpaired) electrons. The van der Waals surface area contributed by atoms with E-state index in [0.29, 0.717) is 13.1 Å². The number of fused-ring (bicyclic) bond motifs is 1. The first kappa shape index (κ1) is 19.3. The Morgan fingerprint density at radius 1 is 0.967 bits per heavy atom. The minimum atomic E-state index is -0.420. The molecule has 0 atom stereocenters. The van der Waals surface area contributed by atoms with E-state index in [1.807, 2.05) is 84.6 Å². The third-order valence-corrected chi connectivity index (χ3v) is 4.92. The number of nitro groups is 1. The molecule has 1 N–H and O–H groups in total. The van der Waals surface area contributed by atoms with E-state index in [-0.39, 0.29) is 17.3 Å². The number of nitrogens with zero attached hydrogens (tertiary/aromatic N) is 4. The highest BCUT2D eigenvalue weighted by Gasteiger charge is 2.27. The van der Waals surface area contributed by atoms with Gasteiger partial charge in [-0.1, -0.05) is 66.7 Å². The number of anilines is 3. The number of aromatic nitrogens is 2. The van der Waals surface area contributed by atoms with Crippen LogP contribution in [0.15, 0.2) is 79.1 Å². The molecule has 4 aromatic rings. The van der Waals surface area contributed by atoms with Gasteiger partial charge in [-0.15, -0.1) is 0 Å². The average molecular weight is 399 g/mol. The molecule has 30 heavy (non-hydrogen) atoms. The van der Waals surface area contributed by atoms with Gasteiger partial charge in [0.05, 0.1) is 10.6 Å². The summed E-state index contributed by atoms with van der Waals surface area (Å²) < 4.78 is 0. The minimum absolute atomic E-state index is 0.136. The van der Waals surface area contributed by atoms with Crippen molar-refractivity contribution in [3.05, 3.63) is 94.8 Å². The molecular formula is C23H21N5O2. The molecule has 0 unspecified atom stereocenters. The van der Waals surface area contributed by atoms with E-state index in [9.17, 15) is 10.1 Å². The van der Waals surface area contributed by atoms with E-state index in [0.717, 1.165) is 22.0 Å². The largest absolute Gasteiger partial charge is 0.360 e. The Morgan fingerprint density at radius 3 is 2.47 bits per heavy atom. The summed E-state index contributed by atoms with van der Waals surface area (Å²) in [7, 11) is 0. The summed E-state index contributed by atoms with van der Waals surface area (Å²) in [6, 6.07) is 23.6. The lowest BCUT2D eigenvalue weighted by atomic mass is 10.1. The molecular weight excluding hydrogens is 378 g/mol. The Kier molecular flexibility index (Phi) is 5.52. The molecule has 150 valence electrons. The van der Waals surface area contributed by atoms with Gasteiger partial charge in [0.1, 0.15) is 6.33 Å². The zero-order chi connectivity index (χ0) is 20.9. The van der Waals surface area contributed by atoms with E-state index in [4.69, 9.17) is 0 Å². The first-order valence-corrected chi connectivity index (χ1v) is 9.71. The molecule has 0 saturated heterocycles. The highest BCUT2D eigenvalue weighted by Crippen LogP contribution is 2.38. The monoisotopic (exact) mass is 399 g/mol. The van der Waals surface area contributed by atoms with Crippen molar-refractivity contribution in [1.82, 2.24) is 9.97 Å². The highest BCUT2D eigenvalue weighted by atomic mass is 16.6.